The van der Waals surface area contributed by atoms with E-state index in [0.717, 1.165) is 6.42 Å². The number of hydrogen-bond donors (Lipinski definition) is 0. The van der Waals surface area contributed by atoms with Gasteiger partial charge in [-0.2, -0.15) is 0 Å². The molecule has 2 heteroatoms. The first-order valence-electron chi connectivity index (χ1n) is 15.8. The molecule has 0 aromatic heterocycles. The summed E-state index contributed by atoms with van der Waals surface area (Å²) in [6.07, 6.45) is 27.2. The predicted molar refractivity (Wildman–Crippen MR) is 158 cm³/mol. The molecule has 0 saturated heterocycles. The summed E-state index contributed by atoms with van der Waals surface area (Å²) in [5.74, 6) is -0.155. The van der Waals surface area contributed by atoms with Crippen LogP contribution < -0.4 is 0 Å². The summed E-state index contributed by atoms with van der Waals surface area (Å²) in [6.45, 7) is 9.70. The van der Waals surface area contributed by atoms with Gasteiger partial charge < -0.3 is 4.74 Å². The number of carbonyl (C=O) groups is 1. The normalized spacial score (nSPS) is 13.0. The molecule has 0 radical (unpaired) electrons. The molecule has 208 valence electrons. The Balaban J connectivity index is 2.49. The molecule has 0 amide bonds. The zero-order valence-electron chi connectivity index (χ0n) is 24.7. The molecule has 0 bridgehead atoms. The number of hydrogen-bond acceptors (Lipinski definition) is 2. The largest absolute Gasteiger partial charge is 0.462 e. The lowest BCUT2D eigenvalue weighted by molar-refractivity contribution is 0.0264. The van der Waals surface area contributed by atoms with Gasteiger partial charge in [0.25, 0.3) is 0 Å². The van der Waals surface area contributed by atoms with E-state index in [1.165, 1.54) is 134 Å². The minimum atomic E-state index is -0.155. The van der Waals surface area contributed by atoms with Gasteiger partial charge >= 0.3 is 5.97 Å². The van der Waals surface area contributed by atoms with Crippen molar-refractivity contribution in [3.8, 4) is 0 Å². The van der Waals surface area contributed by atoms with Gasteiger partial charge in [-0.15, -0.1) is 0 Å². The van der Waals surface area contributed by atoms with E-state index < -0.39 is 0 Å². The fraction of sp³-hybridized carbons (Fsp3) is 0.794. The molecular weight excluding hydrogens is 440 g/mol. The Morgan fingerprint density at radius 1 is 0.611 bits per heavy atom. The highest BCUT2D eigenvalue weighted by Gasteiger charge is 2.26. The molecule has 0 aliphatic carbocycles. The minimum Gasteiger partial charge on any atom is -0.462 e. The van der Waals surface area contributed by atoms with E-state index in [1.54, 1.807) is 0 Å². The van der Waals surface area contributed by atoms with Gasteiger partial charge in [0.1, 0.15) is 0 Å². The lowest BCUT2D eigenvalue weighted by Crippen LogP contribution is -2.25. The van der Waals surface area contributed by atoms with Crippen LogP contribution in [0.2, 0.25) is 0 Å². The van der Waals surface area contributed by atoms with Crippen molar-refractivity contribution in [1.29, 1.82) is 0 Å². The quantitative estimate of drug-likeness (QED) is 0.104. The van der Waals surface area contributed by atoms with Crippen molar-refractivity contribution in [3.63, 3.8) is 0 Å². The van der Waals surface area contributed by atoms with Crippen molar-refractivity contribution in [3.05, 3.63) is 35.4 Å². The lowest BCUT2D eigenvalue weighted by atomic mass is 9.80. The molecule has 1 rings (SSSR count). The molecule has 0 spiro atoms. The summed E-state index contributed by atoms with van der Waals surface area (Å²) in [5, 5.41) is 0. The van der Waals surface area contributed by atoms with E-state index >= 15 is 0 Å². The maximum absolute atomic E-state index is 12.8. The highest BCUT2D eigenvalue weighted by Crippen LogP contribution is 2.32. The summed E-state index contributed by atoms with van der Waals surface area (Å²) in [5.41, 5.74) is 2.12. The Bertz CT molecular complexity index is 635. The molecule has 1 aromatic rings. The Labute approximate surface area is 225 Å². The van der Waals surface area contributed by atoms with Gasteiger partial charge in [0, 0.05) is 5.41 Å². The molecule has 0 N–H and O–H groups in total. The van der Waals surface area contributed by atoms with Crippen LogP contribution in [0.25, 0.3) is 0 Å². The second-order valence-corrected chi connectivity index (χ2v) is 11.6. The van der Waals surface area contributed by atoms with Crippen LogP contribution in [0.15, 0.2) is 24.3 Å². The molecule has 1 aromatic carbocycles. The Morgan fingerprint density at radius 2 is 1.03 bits per heavy atom. The van der Waals surface area contributed by atoms with Crippen molar-refractivity contribution in [2.75, 3.05) is 6.61 Å². The molecule has 0 aliphatic heterocycles. The number of rotatable bonds is 24. The van der Waals surface area contributed by atoms with E-state index in [0.29, 0.717) is 12.2 Å². The fourth-order valence-corrected chi connectivity index (χ4v) is 5.17. The minimum absolute atomic E-state index is 0.0991. The Hall–Kier alpha value is -1.31. The third-order valence-electron chi connectivity index (χ3n) is 7.83. The lowest BCUT2D eigenvalue weighted by Gasteiger charge is -2.29. The number of benzene rings is 1. The fourth-order valence-electron chi connectivity index (χ4n) is 5.17. The highest BCUT2D eigenvalue weighted by atomic mass is 16.5. The zero-order valence-corrected chi connectivity index (χ0v) is 24.7. The summed E-state index contributed by atoms with van der Waals surface area (Å²) < 4.78 is 5.93. The number of aryl methyl sites for hydroxylation is 1. The number of ether oxygens (including phenoxy) is 1. The van der Waals surface area contributed by atoms with Crippen molar-refractivity contribution < 1.29 is 9.53 Å². The van der Waals surface area contributed by atoms with Gasteiger partial charge in [0.15, 0.2) is 0 Å². The third-order valence-corrected chi connectivity index (χ3v) is 7.83. The van der Waals surface area contributed by atoms with Crippen LogP contribution in [0.5, 0.6) is 0 Å². The van der Waals surface area contributed by atoms with Gasteiger partial charge in [0.2, 0.25) is 0 Å². The summed E-state index contributed by atoms with van der Waals surface area (Å²) in [6, 6.07) is 8.14. The van der Waals surface area contributed by atoms with E-state index in [-0.39, 0.29) is 11.4 Å². The van der Waals surface area contributed by atoms with Gasteiger partial charge in [-0.05, 0) is 43.4 Å². The van der Waals surface area contributed by atoms with Crippen LogP contribution in [0.3, 0.4) is 0 Å². The summed E-state index contributed by atoms with van der Waals surface area (Å²) in [7, 11) is 0. The van der Waals surface area contributed by atoms with E-state index in [9.17, 15) is 4.79 Å². The SMILES string of the molecule is CCCCCCCCCCC(C)(CCCCCCCC)COC(=O)c1ccc(CCCCCC)cc1. The van der Waals surface area contributed by atoms with E-state index in [4.69, 9.17) is 4.74 Å². The van der Waals surface area contributed by atoms with Crippen molar-refractivity contribution in [1.82, 2.24) is 0 Å². The Morgan fingerprint density at radius 3 is 1.50 bits per heavy atom. The number of esters is 1. The van der Waals surface area contributed by atoms with Crippen LogP contribution in [0, 0.1) is 5.41 Å². The molecule has 36 heavy (non-hydrogen) atoms. The first kappa shape index (κ1) is 32.7. The van der Waals surface area contributed by atoms with Gasteiger partial charge in [-0.1, -0.05) is 149 Å². The molecular formula is C34H60O2. The maximum Gasteiger partial charge on any atom is 0.338 e. The molecule has 0 saturated carbocycles. The van der Waals surface area contributed by atoms with Gasteiger partial charge in [0.05, 0.1) is 12.2 Å². The predicted octanol–water partition coefficient (Wildman–Crippen LogP) is 11.3. The van der Waals surface area contributed by atoms with Crippen molar-refractivity contribution in [2.45, 2.75) is 163 Å². The third kappa shape index (κ3) is 16.4. The topological polar surface area (TPSA) is 26.3 Å². The van der Waals surface area contributed by atoms with Crippen LogP contribution in [-0.2, 0) is 11.2 Å². The van der Waals surface area contributed by atoms with Crippen molar-refractivity contribution in [2.24, 2.45) is 5.41 Å². The van der Waals surface area contributed by atoms with Crippen LogP contribution in [0.1, 0.15) is 172 Å². The summed E-state index contributed by atoms with van der Waals surface area (Å²) in [4.78, 5) is 12.8. The summed E-state index contributed by atoms with van der Waals surface area (Å²) >= 11 is 0. The first-order valence-corrected chi connectivity index (χ1v) is 15.8. The smallest absolute Gasteiger partial charge is 0.338 e. The molecule has 0 aliphatic rings. The van der Waals surface area contributed by atoms with E-state index in [2.05, 4.69) is 39.8 Å². The maximum atomic E-state index is 12.8. The standard InChI is InChI=1S/C34H60O2/c1-5-8-11-14-16-17-19-22-29-34(4,28-21-18-15-12-9-6-2)30-36-33(35)32-26-24-31(25-27-32)23-20-13-10-7-3/h24-27H,5-23,28-30H2,1-4H3. The monoisotopic (exact) mass is 500 g/mol. The highest BCUT2D eigenvalue weighted by molar-refractivity contribution is 5.89. The average molecular weight is 501 g/mol. The molecule has 1 atom stereocenters. The molecule has 1 unspecified atom stereocenters. The first-order chi connectivity index (χ1) is 17.5. The molecule has 0 heterocycles. The zero-order chi connectivity index (χ0) is 26.3. The van der Waals surface area contributed by atoms with Gasteiger partial charge in [-0.25, -0.2) is 4.79 Å². The second-order valence-electron chi connectivity index (χ2n) is 11.6. The second kappa shape index (κ2) is 21.7. The molecule has 0 fully saturated rings. The number of carbonyl (C=O) groups excluding carboxylic acids is 1. The van der Waals surface area contributed by atoms with Crippen LogP contribution >= 0.6 is 0 Å². The van der Waals surface area contributed by atoms with Gasteiger partial charge in [-0.3, -0.25) is 0 Å². The Kier molecular flexibility index (Phi) is 19.8. The van der Waals surface area contributed by atoms with Crippen molar-refractivity contribution >= 4 is 5.97 Å². The van der Waals surface area contributed by atoms with Crippen LogP contribution in [-0.4, -0.2) is 12.6 Å². The molecule has 2 nitrogen and oxygen atoms in total. The van der Waals surface area contributed by atoms with Crippen LogP contribution in [0.4, 0.5) is 0 Å². The average Bonchev–Trinajstić information content (AvgIpc) is 2.89. The van der Waals surface area contributed by atoms with E-state index in [1.807, 2.05) is 12.1 Å². The number of unbranched alkanes of at least 4 members (excludes halogenated alkanes) is 15.